The zero-order chi connectivity index (χ0) is 8.69. The maximum Gasteiger partial charge on any atom is 0.249 e. The third kappa shape index (κ3) is 3.61. The molecule has 0 saturated heterocycles. The van der Waals surface area contributed by atoms with Gasteiger partial charge in [0.05, 0.1) is 0 Å². The topological polar surface area (TPSA) is 20.3 Å². The van der Waals surface area contributed by atoms with Crippen molar-refractivity contribution >= 4 is 5.91 Å². The minimum Gasteiger partial charge on any atom is -0.316 e. The SMILES string of the molecule is C=CC(=O)N(C=C)CCCC. The van der Waals surface area contributed by atoms with E-state index in [0.29, 0.717) is 0 Å². The van der Waals surface area contributed by atoms with Gasteiger partial charge in [-0.3, -0.25) is 4.79 Å². The first-order valence-electron chi connectivity index (χ1n) is 3.81. The number of nitrogens with zero attached hydrogens (tertiary/aromatic N) is 1. The van der Waals surface area contributed by atoms with E-state index in [4.69, 9.17) is 0 Å². The normalized spacial score (nSPS) is 8.82. The van der Waals surface area contributed by atoms with Gasteiger partial charge in [-0.25, -0.2) is 0 Å². The number of carbonyl (C=O) groups excluding carboxylic acids is 1. The Bertz CT molecular complexity index is 152. The smallest absolute Gasteiger partial charge is 0.249 e. The number of rotatable bonds is 5. The molecule has 0 heterocycles. The van der Waals surface area contributed by atoms with Crippen LogP contribution < -0.4 is 0 Å². The maximum atomic E-state index is 11.0. The highest BCUT2D eigenvalue weighted by Gasteiger charge is 2.03. The molecule has 0 aliphatic rings. The van der Waals surface area contributed by atoms with Gasteiger partial charge in [0, 0.05) is 6.54 Å². The van der Waals surface area contributed by atoms with E-state index in [0.717, 1.165) is 19.4 Å². The third-order valence-corrected chi connectivity index (χ3v) is 1.43. The molecule has 0 aromatic carbocycles. The quantitative estimate of drug-likeness (QED) is 0.553. The number of hydrogen-bond donors (Lipinski definition) is 0. The Morgan fingerprint density at radius 1 is 1.55 bits per heavy atom. The van der Waals surface area contributed by atoms with Crippen LogP contribution in [-0.4, -0.2) is 17.4 Å². The molecule has 0 spiro atoms. The molecule has 11 heavy (non-hydrogen) atoms. The van der Waals surface area contributed by atoms with Crippen molar-refractivity contribution in [2.24, 2.45) is 0 Å². The van der Waals surface area contributed by atoms with Crippen LogP contribution in [0.3, 0.4) is 0 Å². The van der Waals surface area contributed by atoms with Crippen molar-refractivity contribution in [3.05, 3.63) is 25.4 Å². The number of amides is 1. The molecule has 0 unspecified atom stereocenters. The molecular formula is C9H15NO. The van der Waals surface area contributed by atoms with E-state index in [2.05, 4.69) is 20.1 Å². The molecule has 0 aromatic heterocycles. The molecule has 0 saturated carbocycles. The van der Waals surface area contributed by atoms with Gasteiger partial charge >= 0.3 is 0 Å². The molecule has 62 valence electrons. The molecule has 0 radical (unpaired) electrons. The highest BCUT2D eigenvalue weighted by molar-refractivity contribution is 5.87. The van der Waals surface area contributed by atoms with E-state index in [-0.39, 0.29) is 5.91 Å². The van der Waals surface area contributed by atoms with Crippen LogP contribution in [0.1, 0.15) is 19.8 Å². The van der Waals surface area contributed by atoms with Crippen molar-refractivity contribution in [2.75, 3.05) is 6.54 Å². The molecule has 0 fully saturated rings. The predicted octanol–water partition coefficient (Wildman–Crippen LogP) is 1.94. The standard InChI is InChI=1S/C9H15NO/c1-4-7-8-10(6-3)9(11)5-2/h5-6H,2-4,7-8H2,1H3. The van der Waals surface area contributed by atoms with Crippen LogP contribution in [0.5, 0.6) is 0 Å². The highest BCUT2D eigenvalue weighted by Crippen LogP contribution is 1.96. The van der Waals surface area contributed by atoms with Crippen molar-refractivity contribution < 1.29 is 4.79 Å². The second-order valence-electron chi connectivity index (χ2n) is 2.27. The lowest BCUT2D eigenvalue weighted by atomic mass is 10.3. The van der Waals surface area contributed by atoms with Gasteiger partial charge in [0.25, 0.3) is 0 Å². The molecule has 0 aromatic rings. The molecule has 0 atom stereocenters. The molecule has 0 rings (SSSR count). The Kier molecular flexibility index (Phi) is 5.17. The first-order chi connectivity index (χ1) is 5.26. The van der Waals surface area contributed by atoms with Gasteiger partial charge in [-0.05, 0) is 18.7 Å². The summed E-state index contributed by atoms with van der Waals surface area (Å²) in [6.07, 6.45) is 4.93. The Balaban J connectivity index is 3.84. The Hall–Kier alpha value is -1.05. The molecule has 0 bridgehead atoms. The minimum atomic E-state index is -0.0755. The van der Waals surface area contributed by atoms with Gasteiger partial charge in [-0.15, -0.1) is 0 Å². The van der Waals surface area contributed by atoms with Crippen molar-refractivity contribution in [3.8, 4) is 0 Å². The summed E-state index contributed by atoms with van der Waals surface area (Å²) in [5.74, 6) is -0.0755. The zero-order valence-corrected chi connectivity index (χ0v) is 7.05. The lowest BCUT2D eigenvalue weighted by molar-refractivity contribution is -0.123. The Labute approximate surface area is 68.2 Å². The molecule has 2 nitrogen and oxygen atoms in total. The second kappa shape index (κ2) is 5.71. The van der Waals surface area contributed by atoms with Crippen LogP contribution in [0.15, 0.2) is 25.4 Å². The van der Waals surface area contributed by atoms with Gasteiger partial charge in [-0.2, -0.15) is 0 Å². The first-order valence-corrected chi connectivity index (χ1v) is 3.81. The summed E-state index contributed by atoms with van der Waals surface area (Å²) in [4.78, 5) is 12.6. The third-order valence-electron chi connectivity index (χ3n) is 1.43. The summed E-state index contributed by atoms with van der Waals surface area (Å²) in [5, 5.41) is 0. The van der Waals surface area contributed by atoms with Crippen LogP contribution >= 0.6 is 0 Å². The number of hydrogen-bond acceptors (Lipinski definition) is 1. The molecule has 2 heteroatoms. The molecule has 0 N–H and O–H groups in total. The Morgan fingerprint density at radius 2 is 2.18 bits per heavy atom. The van der Waals surface area contributed by atoms with Gasteiger partial charge in [0.2, 0.25) is 5.91 Å². The van der Waals surface area contributed by atoms with E-state index >= 15 is 0 Å². The minimum absolute atomic E-state index is 0.0755. The highest BCUT2D eigenvalue weighted by atomic mass is 16.2. The van der Waals surface area contributed by atoms with Gasteiger partial charge in [0.15, 0.2) is 0 Å². The van der Waals surface area contributed by atoms with E-state index in [1.165, 1.54) is 6.08 Å². The fourth-order valence-electron chi connectivity index (χ4n) is 0.737. The summed E-state index contributed by atoms with van der Waals surface area (Å²) in [6, 6.07) is 0. The van der Waals surface area contributed by atoms with Crippen molar-refractivity contribution in [1.82, 2.24) is 4.90 Å². The van der Waals surface area contributed by atoms with E-state index in [9.17, 15) is 4.79 Å². The van der Waals surface area contributed by atoms with Gasteiger partial charge < -0.3 is 4.90 Å². The fourth-order valence-corrected chi connectivity index (χ4v) is 0.737. The average molecular weight is 153 g/mol. The summed E-state index contributed by atoms with van der Waals surface area (Å²) < 4.78 is 0. The largest absolute Gasteiger partial charge is 0.316 e. The summed E-state index contributed by atoms with van der Waals surface area (Å²) in [7, 11) is 0. The Morgan fingerprint density at radius 3 is 2.55 bits per heavy atom. The first kappa shape index (κ1) is 9.95. The lowest BCUT2D eigenvalue weighted by Crippen LogP contribution is -2.24. The van der Waals surface area contributed by atoms with Crippen molar-refractivity contribution in [3.63, 3.8) is 0 Å². The van der Waals surface area contributed by atoms with Crippen LogP contribution in [0.25, 0.3) is 0 Å². The van der Waals surface area contributed by atoms with Crippen LogP contribution in [0.2, 0.25) is 0 Å². The number of unbranched alkanes of at least 4 members (excludes halogenated alkanes) is 1. The molecule has 1 amide bonds. The monoisotopic (exact) mass is 153 g/mol. The fraction of sp³-hybridized carbons (Fsp3) is 0.444. The summed E-state index contributed by atoms with van der Waals surface area (Å²) in [5.41, 5.74) is 0. The lowest BCUT2D eigenvalue weighted by Gasteiger charge is -2.14. The van der Waals surface area contributed by atoms with Crippen LogP contribution in [0, 0.1) is 0 Å². The van der Waals surface area contributed by atoms with E-state index < -0.39 is 0 Å². The average Bonchev–Trinajstić information content (AvgIpc) is 2.05. The predicted molar refractivity (Wildman–Crippen MR) is 47.0 cm³/mol. The summed E-state index contributed by atoms with van der Waals surface area (Å²) >= 11 is 0. The second-order valence-corrected chi connectivity index (χ2v) is 2.27. The maximum absolute atomic E-state index is 11.0. The van der Waals surface area contributed by atoms with Crippen molar-refractivity contribution in [1.29, 1.82) is 0 Å². The molecule has 0 aliphatic carbocycles. The van der Waals surface area contributed by atoms with Gasteiger partial charge in [0.1, 0.15) is 0 Å². The van der Waals surface area contributed by atoms with Crippen LogP contribution in [-0.2, 0) is 4.79 Å². The zero-order valence-electron chi connectivity index (χ0n) is 7.05. The number of carbonyl (C=O) groups is 1. The molecule has 0 aliphatic heterocycles. The van der Waals surface area contributed by atoms with Gasteiger partial charge in [-0.1, -0.05) is 26.5 Å². The summed E-state index contributed by atoms with van der Waals surface area (Å²) in [6.45, 7) is 9.76. The molecular weight excluding hydrogens is 138 g/mol. The van der Waals surface area contributed by atoms with Crippen LogP contribution in [0.4, 0.5) is 0 Å². The van der Waals surface area contributed by atoms with E-state index in [1.54, 1.807) is 11.1 Å². The van der Waals surface area contributed by atoms with Crippen molar-refractivity contribution in [2.45, 2.75) is 19.8 Å². The van der Waals surface area contributed by atoms with E-state index in [1.807, 2.05) is 0 Å².